The Hall–Kier alpha value is -1.11. The lowest BCUT2D eigenvalue weighted by Crippen LogP contribution is -2.35. The second kappa shape index (κ2) is 7.06. The van der Waals surface area contributed by atoms with Crippen molar-refractivity contribution in [3.8, 4) is 0 Å². The summed E-state index contributed by atoms with van der Waals surface area (Å²) in [7, 11) is -0.640. The van der Waals surface area contributed by atoms with Crippen molar-refractivity contribution in [1.29, 1.82) is 0 Å². The summed E-state index contributed by atoms with van der Waals surface area (Å²) in [6.45, 7) is 0.659. The lowest BCUT2D eigenvalue weighted by molar-refractivity contribution is 0.318. The zero-order chi connectivity index (χ0) is 14.5. The highest BCUT2D eigenvalue weighted by atomic mass is 35.5. The molecule has 0 saturated carbocycles. The fourth-order valence-electron chi connectivity index (χ4n) is 2.16. The van der Waals surface area contributed by atoms with Crippen molar-refractivity contribution in [2.45, 2.75) is 25.4 Å². The molecule has 20 heavy (non-hydrogen) atoms. The molecular weight excluding hydrogens is 298 g/mol. The molecule has 1 heterocycles. The van der Waals surface area contributed by atoms with E-state index in [0.717, 1.165) is 29.9 Å². The Bertz CT molecular complexity index is 526. The van der Waals surface area contributed by atoms with Gasteiger partial charge in [0.25, 0.3) is 0 Å². The molecule has 0 unspecified atom stereocenters. The van der Waals surface area contributed by atoms with Crippen LogP contribution in [0, 0.1) is 0 Å². The molecule has 1 aromatic rings. The standard InChI is InChI=1S/C13H18ClN3O2S/c14-12-7-9(13(15)17-18)1-2-10(12)8-16-11-3-5-20(19)6-4-11/h1-2,7,11,16,18H,3-6,8H2,(H2,15,17). The normalized spacial score (nSPS) is 23.8. The minimum Gasteiger partial charge on any atom is -0.409 e. The molecule has 0 aromatic heterocycles. The lowest BCUT2D eigenvalue weighted by Gasteiger charge is -2.22. The number of hydrogen-bond acceptors (Lipinski definition) is 4. The second-order valence-corrected chi connectivity index (χ2v) is 6.90. The van der Waals surface area contributed by atoms with Gasteiger partial charge in [-0.15, -0.1) is 0 Å². The topological polar surface area (TPSA) is 87.7 Å². The SMILES string of the molecule is N/C(=N/O)c1ccc(CNC2CCS(=O)CC2)c(Cl)c1. The number of halogens is 1. The predicted molar refractivity (Wildman–Crippen MR) is 81.7 cm³/mol. The quantitative estimate of drug-likeness (QED) is 0.339. The van der Waals surface area contributed by atoms with Crippen LogP contribution in [0.1, 0.15) is 24.0 Å². The third kappa shape index (κ3) is 3.94. The van der Waals surface area contributed by atoms with E-state index in [0.29, 0.717) is 23.2 Å². The summed E-state index contributed by atoms with van der Waals surface area (Å²) < 4.78 is 11.3. The summed E-state index contributed by atoms with van der Waals surface area (Å²) in [5.74, 6) is 1.59. The van der Waals surface area contributed by atoms with E-state index in [4.69, 9.17) is 22.5 Å². The van der Waals surface area contributed by atoms with E-state index in [1.165, 1.54) is 0 Å². The lowest BCUT2D eigenvalue weighted by atomic mass is 10.1. The van der Waals surface area contributed by atoms with Gasteiger partial charge in [-0.3, -0.25) is 4.21 Å². The van der Waals surface area contributed by atoms with Crippen LogP contribution < -0.4 is 11.1 Å². The highest BCUT2D eigenvalue weighted by molar-refractivity contribution is 7.85. The summed E-state index contributed by atoms with van der Waals surface area (Å²) in [4.78, 5) is 0. The van der Waals surface area contributed by atoms with Crippen LogP contribution in [-0.4, -0.2) is 32.8 Å². The van der Waals surface area contributed by atoms with Gasteiger partial charge in [-0.1, -0.05) is 28.9 Å². The van der Waals surface area contributed by atoms with E-state index in [2.05, 4.69) is 10.5 Å². The largest absolute Gasteiger partial charge is 0.409 e. The predicted octanol–water partition coefficient (Wildman–Crippen LogP) is 1.44. The number of hydrogen-bond donors (Lipinski definition) is 3. The molecule has 5 nitrogen and oxygen atoms in total. The average molecular weight is 316 g/mol. The van der Waals surface area contributed by atoms with Gasteiger partial charge in [0.05, 0.1) is 0 Å². The van der Waals surface area contributed by atoms with Crippen LogP contribution in [0.4, 0.5) is 0 Å². The minimum atomic E-state index is -0.640. The minimum absolute atomic E-state index is 0.0427. The molecular formula is C13H18ClN3O2S. The number of oxime groups is 1. The first kappa shape index (κ1) is 15.3. The summed E-state index contributed by atoms with van der Waals surface area (Å²) in [5.41, 5.74) is 7.07. The Balaban J connectivity index is 1.95. The Labute approximate surface area is 125 Å². The Kier molecular flexibility index (Phi) is 5.39. The fraction of sp³-hybridized carbons (Fsp3) is 0.462. The molecule has 1 aromatic carbocycles. The first-order chi connectivity index (χ1) is 9.60. The summed E-state index contributed by atoms with van der Waals surface area (Å²) in [5, 5.41) is 15.6. The number of nitrogens with zero attached hydrogens (tertiary/aromatic N) is 1. The number of nitrogens with one attached hydrogen (secondary N) is 1. The molecule has 0 aliphatic carbocycles. The molecule has 110 valence electrons. The van der Waals surface area contributed by atoms with Gasteiger partial charge >= 0.3 is 0 Å². The van der Waals surface area contributed by atoms with Gasteiger partial charge in [0, 0.05) is 45.5 Å². The van der Waals surface area contributed by atoms with Crippen LogP contribution in [0.15, 0.2) is 23.4 Å². The zero-order valence-electron chi connectivity index (χ0n) is 11.0. The van der Waals surface area contributed by atoms with Crippen molar-refractivity contribution in [3.05, 3.63) is 34.3 Å². The van der Waals surface area contributed by atoms with Gasteiger partial charge in [0.15, 0.2) is 5.84 Å². The van der Waals surface area contributed by atoms with Crippen molar-refractivity contribution in [1.82, 2.24) is 5.32 Å². The number of amidine groups is 1. The first-order valence-corrected chi connectivity index (χ1v) is 8.31. The maximum atomic E-state index is 11.3. The summed E-state index contributed by atoms with van der Waals surface area (Å²) >= 11 is 6.19. The highest BCUT2D eigenvalue weighted by Crippen LogP contribution is 2.19. The number of rotatable bonds is 4. The third-order valence-electron chi connectivity index (χ3n) is 3.43. The van der Waals surface area contributed by atoms with Crippen molar-refractivity contribution >= 4 is 28.2 Å². The van der Waals surface area contributed by atoms with Crippen LogP contribution in [0.3, 0.4) is 0 Å². The van der Waals surface area contributed by atoms with Crippen molar-refractivity contribution in [3.63, 3.8) is 0 Å². The molecule has 0 amide bonds. The molecule has 0 spiro atoms. The summed E-state index contributed by atoms with van der Waals surface area (Å²) in [6, 6.07) is 5.72. The van der Waals surface area contributed by atoms with Gasteiger partial charge in [0.1, 0.15) is 0 Å². The maximum Gasteiger partial charge on any atom is 0.170 e. The van der Waals surface area contributed by atoms with Crippen molar-refractivity contribution in [2.24, 2.45) is 10.9 Å². The molecule has 1 aliphatic rings. The van der Waals surface area contributed by atoms with Gasteiger partial charge in [-0.2, -0.15) is 0 Å². The van der Waals surface area contributed by atoms with E-state index in [9.17, 15) is 4.21 Å². The molecule has 7 heteroatoms. The van der Waals surface area contributed by atoms with Gasteiger partial charge in [-0.25, -0.2) is 0 Å². The second-order valence-electron chi connectivity index (χ2n) is 4.79. The van der Waals surface area contributed by atoms with Crippen LogP contribution in [-0.2, 0) is 17.3 Å². The smallest absolute Gasteiger partial charge is 0.170 e. The van der Waals surface area contributed by atoms with Gasteiger partial charge < -0.3 is 16.3 Å². The Morgan fingerprint density at radius 1 is 1.50 bits per heavy atom. The van der Waals surface area contributed by atoms with Crippen molar-refractivity contribution in [2.75, 3.05) is 11.5 Å². The number of nitrogens with two attached hydrogens (primary N) is 1. The van der Waals surface area contributed by atoms with E-state index >= 15 is 0 Å². The van der Waals surface area contributed by atoms with Crippen LogP contribution in [0.25, 0.3) is 0 Å². The molecule has 0 atom stereocenters. The van der Waals surface area contributed by atoms with Crippen LogP contribution in [0.5, 0.6) is 0 Å². The maximum absolute atomic E-state index is 11.3. The Morgan fingerprint density at radius 2 is 2.20 bits per heavy atom. The molecule has 0 radical (unpaired) electrons. The fourth-order valence-corrected chi connectivity index (χ4v) is 3.71. The molecule has 1 fully saturated rings. The van der Waals surface area contributed by atoms with Crippen LogP contribution >= 0.6 is 11.6 Å². The highest BCUT2D eigenvalue weighted by Gasteiger charge is 2.17. The molecule has 1 aliphatic heterocycles. The van der Waals surface area contributed by atoms with E-state index in [1.54, 1.807) is 12.1 Å². The van der Waals surface area contributed by atoms with E-state index < -0.39 is 10.8 Å². The first-order valence-electron chi connectivity index (χ1n) is 6.45. The third-order valence-corrected chi connectivity index (χ3v) is 5.16. The molecule has 2 rings (SSSR count). The summed E-state index contributed by atoms with van der Waals surface area (Å²) in [6.07, 6.45) is 1.87. The van der Waals surface area contributed by atoms with E-state index in [-0.39, 0.29) is 5.84 Å². The zero-order valence-corrected chi connectivity index (χ0v) is 12.6. The molecule has 1 saturated heterocycles. The monoisotopic (exact) mass is 315 g/mol. The molecule has 4 N–H and O–H groups in total. The van der Waals surface area contributed by atoms with Crippen molar-refractivity contribution < 1.29 is 9.42 Å². The van der Waals surface area contributed by atoms with Gasteiger partial charge in [-0.05, 0) is 24.5 Å². The Morgan fingerprint density at radius 3 is 2.80 bits per heavy atom. The van der Waals surface area contributed by atoms with Crippen LogP contribution in [0.2, 0.25) is 5.02 Å². The molecule has 0 bridgehead atoms. The number of benzene rings is 1. The average Bonchev–Trinajstić information content (AvgIpc) is 2.46. The van der Waals surface area contributed by atoms with E-state index in [1.807, 2.05) is 6.07 Å². The van der Waals surface area contributed by atoms with Gasteiger partial charge in [0.2, 0.25) is 0 Å².